The van der Waals surface area contributed by atoms with Crippen LogP contribution in [0, 0.1) is 11.8 Å². The van der Waals surface area contributed by atoms with E-state index in [1.165, 1.54) is 17.7 Å². The zero-order valence-corrected chi connectivity index (χ0v) is 9.57. The minimum atomic E-state index is 0.627. The highest BCUT2D eigenvalue weighted by atomic mass is 79.9. The van der Waals surface area contributed by atoms with Crippen molar-refractivity contribution in [1.29, 1.82) is 0 Å². The smallest absolute Gasteiger partial charge is 0.0520 e. The van der Waals surface area contributed by atoms with E-state index in [2.05, 4.69) is 40.4 Å². The van der Waals surface area contributed by atoms with Gasteiger partial charge in [0.05, 0.1) is 4.83 Å². The van der Waals surface area contributed by atoms with Gasteiger partial charge < -0.3 is 0 Å². The van der Waals surface area contributed by atoms with Crippen LogP contribution in [0.15, 0.2) is 17.5 Å². The van der Waals surface area contributed by atoms with Gasteiger partial charge in [-0.2, -0.15) is 0 Å². The summed E-state index contributed by atoms with van der Waals surface area (Å²) in [5.41, 5.74) is 0. The normalized spacial score (nSPS) is 30.2. The van der Waals surface area contributed by atoms with Gasteiger partial charge in [0, 0.05) is 4.88 Å². The lowest BCUT2D eigenvalue weighted by molar-refractivity contribution is 0.678. The van der Waals surface area contributed by atoms with E-state index < -0.39 is 0 Å². The van der Waals surface area contributed by atoms with Gasteiger partial charge in [0.2, 0.25) is 0 Å². The lowest BCUT2D eigenvalue weighted by Crippen LogP contribution is -1.90. The predicted octanol–water partition coefficient (Wildman–Crippen LogP) is 4.23. The molecule has 0 spiro atoms. The van der Waals surface area contributed by atoms with Crippen molar-refractivity contribution in [3.05, 3.63) is 22.4 Å². The first kappa shape index (κ1) is 8.76. The predicted molar refractivity (Wildman–Crippen MR) is 57.9 cm³/mol. The first-order valence-electron chi connectivity index (χ1n) is 4.50. The van der Waals surface area contributed by atoms with Crippen LogP contribution in [0.1, 0.15) is 29.5 Å². The fraction of sp³-hybridized carbons (Fsp3) is 0.600. The van der Waals surface area contributed by atoms with Crippen LogP contribution in [-0.2, 0) is 0 Å². The van der Waals surface area contributed by atoms with Crippen molar-refractivity contribution in [3.8, 4) is 0 Å². The Kier molecular flexibility index (Phi) is 2.56. The molecular formula is C10H13BrS. The number of thiophene rings is 1. The van der Waals surface area contributed by atoms with Crippen LogP contribution in [0.25, 0.3) is 0 Å². The van der Waals surface area contributed by atoms with Gasteiger partial charge in [-0.1, -0.05) is 35.3 Å². The van der Waals surface area contributed by atoms with Gasteiger partial charge in [-0.15, -0.1) is 11.3 Å². The van der Waals surface area contributed by atoms with E-state index in [0.29, 0.717) is 4.83 Å². The Morgan fingerprint density at radius 1 is 1.75 bits per heavy atom. The van der Waals surface area contributed by atoms with Crippen LogP contribution < -0.4 is 0 Å². The molecule has 1 saturated carbocycles. The highest BCUT2D eigenvalue weighted by molar-refractivity contribution is 9.09. The molecule has 0 nitrogen and oxygen atoms in total. The maximum Gasteiger partial charge on any atom is 0.0520 e. The first-order valence-corrected chi connectivity index (χ1v) is 6.30. The molecule has 1 aromatic rings. The molecule has 2 rings (SSSR count). The Morgan fingerprint density at radius 3 is 3.08 bits per heavy atom. The molecule has 1 aliphatic rings. The lowest BCUT2D eigenvalue weighted by Gasteiger charge is -2.05. The van der Waals surface area contributed by atoms with Crippen molar-refractivity contribution in [2.75, 3.05) is 0 Å². The van der Waals surface area contributed by atoms with Crippen LogP contribution in [0.2, 0.25) is 0 Å². The van der Waals surface area contributed by atoms with Crippen molar-refractivity contribution >= 4 is 27.3 Å². The number of halogens is 1. The van der Waals surface area contributed by atoms with Gasteiger partial charge in [-0.3, -0.25) is 0 Å². The topological polar surface area (TPSA) is 0 Å². The maximum absolute atomic E-state index is 3.78. The van der Waals surface area contributed by atoms with Crippen molar-refractivity contribution in [2.45, 2.75) is 24.6 Å². The molecule has 0 amide bonds. The van der Waals surface area contributed by atoms with Crippen LogP contribution >= 0.6 is 27.3 Å². The Balaban J connectivity index is 1.99. The van der Waals surface area contributed by atoms with Crippen LogP contribution in [-0.4, -0.2) is 0 Å². The van der Waals surface area contributed by atoms with Crippen LogP contribution in [0.4, 0.5) is 0 Å². The average Bonchev–Trinajstić information content (AvgIpc) is 2.68. The number of rotatable bonds is 3. The van der Waals surface area contributed by atoms with Crippen molar-refractivity contribution in [2.24, 2.45) is 11.8 Å². The summed E-state index contributed by atoms with van der Waals surface area (Å²) in [6.45, 7) is 2.29. The summed E-state index contributed by atoms with van der Waals surface area (Å²) in [5, 5.41) is 2.16. The fourth-order valence-corrected chi connectivity index (χ4v) is 3.66. The Labute approximate surface area is 86.1 Å². The van der Waals surface area contributed by atoms with Gasteiger partial charge in [0.25, 0.3) is 0 Å². The van der Waals surface area contributed by atoms with Gasteiger partial charge >= 0.3 is 0 Å². The van der Waals surface area contributed by atoms with Crippen LogP contribution in [0.3, 0.4) is 0 Å². The molecule has 3 unspecified atom stereocenters. The number of hydrogen-bond donors (Lipinski definition) is 0. The molecule has 0 N–H and O–H groups in total. The second-order valence-corrected chi connectivity index (χ2v) is 5.45. The molecule has 1 aliphatic carbocycles. The van der Waals surface area contributed by atoms with Gasteiger partial charge in [0.1, 0.15) is 0 Å². The zero-order valence-electron chi connectivity index (χ0n) is 7.16. The molecule has 1 heterocycles. The largest absolute Gasteiger partial charge is 0.148 e. The number of alkyl halides is 1. The lowest BCUT2D eigenvalue weighted by atomic mass is 10.2. The molecule has 0 aliphatic heterocycles. The van der Waals surface area contributed by atoms with E-state index in [-0.39, 0.29) is 0 Å². The molecule has 0 saturated heterocycles. The Bertz CT molecular complexity index is 242. The summed E-state index contributed by atoms with van der Waals surface area (Å²) < 4.78 is 0. The van der Waals surface area contributed by atoms with E-state index in [1.54, 1.807) is 0 Å². The molecule has 66 valence electrons. The highest BCUT2D eigenvalue weighted by Crippen LogP contribution is 2.53. The van der Waals surface area contributed by atoms with Crippen LogP contribution in [0.5, 0.6) is 0 Å². The van der Waals surface area contributed by atoms with E-state index >= 15 is 0 Å². The van der Waals surface area contributed by atoms with Gasteiger partial charge in [-0.05, 0) is 29.7 Å². The van der Waals surface area contributed by atoms with E-state index in [1.807, 2.05) is 11.3 Å². The zero-order chi connectivity index (χ0) is 8.55. The average molecular weight is 245 g/mol. The minimum Gasteiger partial charge on any atom is -0.148 e. The van der Waals surface area contributed by atoms with E-state index in [0.717, 1.165) is 11.8 Å². The standard InChI is InChI=1S/C10H13BrS/c1-2-7-6-8(7)10(11)9-4-3-5-12-9/h3-5,7-8,10H,2,6H2,1H3. The summed E-state index contributed by atoms with van der Waals surface area (Å²) in [4.78, 5) is 2.12. The Morgan fingerprint density at radius 2 is 2.58 bits per heavy atom. The summed E-state index contributed by atoms with van der Waals surface area (Å²) >= 11 is 5.65. The number of hydrogen-bond acceptors (Lipinski definition) is 1. The molecule has 12 heavy (non-hydrogen) atoms. The summed E-state index contributed by atoms with van der Waals surface area (Å²) in [7, 11) is 0. The summed E-state index contributed by atoms with van der Waals surface area (Å²) in [6.07, 6.45) is 2.77. The fourth-order valence-electron chi connectivity index (χ4n) is 1.76. The quantitative estimate of drug-likeness (QED) is 0.699. The third-order valence-electron chi connectivity index (χ3n) is 2.69. The molecule has 3 atom stereocenters. The summed E-state index contributed by atoms with van der Waals surface area (Å²) in [5.74, 6) is 1.89. The monoisotopic (exact) mass is 244 g/mol. The Hall–Kier alpha value is 0.180. The van der Waals surface area contributed by atoms with Gasteiger partial charge in [-0.25, -0.2) is 0 Å². The van der Waals surface area contributed by atoms with E-state index in [4.69, 9.17) is 0 Å². The second kappa shape index (κ2) is 3.51. The van der Waals surface area contributed by atoms with Crippen molar-refractivity contribution in [1.82, 2.24) is 0 Å². The molecule has 1 fully saturated rings. The molecule has 2 heteroatoms. The van der Waals surface area contributed by atoms with Gasteiger partial charge in [0.15, 0.2) is 0 Å². The highest BCUT2D eigenvalue weighted by Gasteiger charge is 2.41. The molecule has 0 radical (unpaired) electrons. The van der Waals surface area contributed by atoms with Crippen molar-refractivity contribution in [3.63, 3.8) is 0 Å². The SMILES string of the molecule is CCC1CC1C(Br)c1cccs1. The molecule has 1 aromatic heterocycles. The maximum atomic E-state index is 3.78. The molecule has 0 bridgehead atoms. The third kappa shape index (κ3) is 1.60. The molecular weight excluding hydrogens is 232 g/mol. The van der Waals surface area contributed by atoms with E-state index in [9.17, 15) is 0 Å². The molecule has 0 aromatic carbocycles. The summed E-state index contributed by atoms with van der Waals surface area (Å²) in [6, 6.07) is 4.37. The van der Waals surface area contributed by atoms with Crippen molar-refractivity contribution < 1.29 is 0 Å². The minimum absolute atomic E-state index is 0.627. The second-order valence-electron chi connectivity index (χ2n) is 3.49. The third-order valence-corrected chi connectivity index (χ3v) is 5.12. The first-order chi connectivity index (χ1) is 5.83.